The van der Waals surface area contributed by atoms with Crippen LogP contribution in [-0.2, 0) is 9.53 Å². The standard InChI is InChI=1S/C26H28ClN3O3S.ClH/c1-6-12-30(19-7-10-23-18(14-19)11-13-29(23)16(2)25(31)33-5)26-28-24(17(3)34-26)21-9-8-20(32-4)15-22(21)27;/h7-11,13-16H,6,12H2,1-5H3;1H. The summed E-state index contributed by atoms with van der Waals surface area (Å²) < 4.78 is 12.1. The molecule has 0 spiro atoms. The molecule has 4 rings (SSSR count). The quantitative estimate of drug-likeness (QED) is 0.220. The fourth-order valence-corrected chi connectivity index (χ4v) is 5.29. The molecule has 0 fully saturated rings. The second-order valence-corrected chi connectivity index (χ2v) is 9.65. The number of methoxy groups -OCH3 is 2. The Hall–Kier alpha value is -2.74. The van der Waals surface area contributed by atoms with E-state index in [1.165, 1.54) is 7.11 Å². The zero-order valence-electron chi connectivity index (χ0n) is 20.4. The molecule has 2 heterocycles. The fraction of sp³-hybridized carbons (Fsp3) is 0.308. The van der Waals surface area contributed by atoms with Crippen LogP contribution < -0.4 is 9.64 Å². The summed E-state index contributed by atoms with van der Waals surface area (Å²) >= 11 is 8.20. The second-order valence-electron chi connectivity index (χ2n) is 8.06. The van der Waals surface area contributed by atoms with Gasteiger partial charge in [0.15, 0.2) is 5.13 Å². The molecule has 9 heteroatoms. The van der Waals surface area contributed by atoms with Crippen LogP contribution in [0, 0.1) is 6.92 Å². The molecule has 0 saturated carbocycles. The van der Waals surface area contributed by atoms with Crippen LogP contribution in [-0.4, -0.2) is 36.3 Å². The highest BCUT2D eigenvalue weighted by Gasteiger charge is 2.20. The lowest BCUT2D eigenvalue weighted by atomic mass is 10.1. The number of benzene rings is 2. The summed E-state index contributed by atoms with van der Waals surface area (Å²) in [5.74, 6) is 0.452. The highest BCUT2D eigenvalue weighted by molar-refractivity contribution is 7.16. The molecule has 0 aliphatic rings. The van der Waals surface area contributed by atoms with Crippen LogP contribution in [0.15, 0.2) is 48.7 Å². The first-order valence-corrected chi connectivity index (χ1v) is 12.3. The van der Waals surface area contributed by atoms with Gasteiger partial charge in [-0.1, -0.05) is 18.5 Å². The minimum atomic E-state index is -0.390. The van der Waals surface area contributed by atoms with Gasteiger partial charge in [-0.05, 0) is 62.7 Å². The maximum atomic E-state index is 12.0. The van der Waals surface area contributed by atoms with Gasteiger partial charge in [0.05, 0.1) is 24.9 Å². The summed E-state index contributed by atoms with van der Waals surface area (Å²) in [7, 11) is 3.04. The summed E-state index contributed by atoms with van der Waals surface area (Å²) in [6, 6.07) is 13.6. The molecule has 2 aromatic heterocycles. The largest absolute Gasteiger partial charge is 0.497 e. The lowest BCUT2D eigenvalue weighted by Crippen LogP contribution is -2.18. The van der Waals surface area contributed by atoms with Crippen molar-refractivity contribution in [3.63, 3.8) is 0 Å². The van der Waals surface area contributed by atoms with Gasteiger partial charge in [-0.3, -0.25) is 0 Å². The molecular weight excluding hydrogens is 505 g/mol. The number of ether oxygens (including phenoxy) is 2. The van der Waals surface area contributed by atoms with Gasteiger partial charge in [0.2, 0.25) is 0 Å². The van der Waals surface area contributed by atoms with Gasteiger partial charge in [-0.15, -0.1) is 23.7 Å². The van der Waals surface area contributed by atoms with Crippen molar-refractivity contribution in [1.82, 2.24) is 9.55 Å². The number of halogens is 2. The molecule has 0 bridgehead atoms. The number of rotatable bonds is 8. The van der Waals surface area contributed by atoms with E-state index in [1.54, 1.807) is 18.4 Å². The molecule has 0 saturated heterocycles. The van der Waals surface area contributed by atoms with Crippen molar-refractivity contribution in [2.45, 2.75) is 33.2 Å². The van der Waals surface area contributed by atoms with E-state index in [9.17, 15) is 4.79 Å². The Morgan fingerprint density at radius 3 is 2.63 bits per heavy atom. The zero-order valence-corrected chi connectivity index (χ0v) is 22.8. The number of fused-ring (bicyclic) bond motifs is 1. The van der Waals surface area contributed by atoms with E-state index < -0.39 is 6.04 Å². The van der Waals surface area contributed by atoms with Gasteiger partial charge < -0.3 is 18.9 Å². The third-order valence-electron chi connectivity index (χ3n) is 5.87. The minimum Gasteiger partial charge on any atom is -0.497 e. The maximum absolute atomic E-state index is 12.0. The van der Waals surface area contributed by atoms with Crippen LogP contribution >= 0.6 is 35.3 Å². The summed E-state index contributed by atoms with van der Waals surface area (Å²) in [5, 5.41) is 2.59. The average Bonchev–Trinajstić information content (AvgIpc) is 3.44. The first kappa shape index (κ1) is 26.9. The molecule has 4 aromatic rings. The molecule has 0 N–H and O–H groups in total. The van der Waals surface area contributed by atoms with Crippen molar-refractivity contribution in [2.75, 3.05) is 25.7 Å². The third-order valence-corrected chi connectivity index (χ3v) is 7.18. The lowest BCUT2D eigenvalue weighted by Gasteiger charge is -2.22. The van der Waals surface area contributed by atoms with Crippen LogP contribution in [0.5, 0.6) is 5.75 Å². The van der Waals surface area contributed by atoms with E-state index in [4.69, 9.17) is 26.1 Å². The Labute approximate surface area is 220 Å². The Morgan fingerprint density at radius 1 is 1.20 bits per heavy atom. The third kappa shape index (κ3) is 5.27. The zero-order chi connectivity index (χ0) is 24.4. The first-order valence-electron chi connectivity index (χ1n) is 11.1. The molecule has 1 atom stereocenters. The Bertz CT molecular complexity index is 1330. The van der Waals surface area contributed by atoms with Crippen molar-refractivity contribution < 1.29 is 14.3 Å². The minimum absolute atomic E-state index is 0. The lowest BCUT2D eigenvalue weighted by molar-refractivity contribution is -0.143. The summed E-state index contributed by atoms with van der Waals surface area (Å²) in [5.41, 5.74) is 3.81. The molecule has 1 unspecified atom stereocenters. The molecule has 2 aromatic carbocycles. The molecule has 0 aliphatic carbocycles. The van der Waals surface area contributed by atoms with Gasteiger partial charge in [0.25, 0.3) is 0 Å². The number of thiazole rings is 1. The number of anilines is 2. The van der Waals surface area contributed by atoms with E-state index in [0.29, 0.717) is 5.02 Å². The van der Waals surface area contributed by atoms with Crippen LogP contribution in [0.4, 0.5) is 10.8 Å². The Kier molecular flexibility index (Phi) is 8.70. The predicted octanol–water partition coefficient (Wildman–Crippen LogP) is 7.44. The summed E-state index contributed by atoms with van der Waals surface area (Å²) in [6.07, 6.45) is 2.90. The highest BCUT2D eigenvalue weighted by Crippen LogP contribution is 2.40. The van der Waals surface area contributed by atoms with Crippen molar-refractivity contribution >= 4 is 63.0 Å². The van der Waals surface area contributed by atoms with E-state index in [2.05, 4.69) is 36.9 Å². The number of hydrogen-bond donors (Lipinski definition) is 0. The second kappa shape index (κ2) is 11.3. The number of aromatic nitrogens is 2. The Balaban J connectivity index is 0.00000342. The van der Waals surface area contributed by atoms with Gasteiger partial charge in [-0.2, -0.15) is 0 Å². The van der Waals surface area contributed by atoms with Crippen molar-refractivity contribution in [3.8, 4) is 17.0 Å². The Morgan fingerprint density at radius 2 is 1.97 bits per heavy atom. The topological polar surface area (TPSA) is 56.6 Å². The number of carbonyl (C=O) groups is 1. The number of carbonyl (C=O) groups excluding carboxylic acids is 1. The van der Waals surface area contributed by atoms with Gasteiger partial charge in [-0.25, -0.2) is 9.78 Å². The molecule has 35 heavy (non-hydrogen) atoms. The van der Waals surface area contributed by atoms with Gasteiger partial charge >= 0.3 is 5.97 Å². The van der Waals surface area contributed by atoms with Gasteiger partial charge in [0, 0.05) is 39.8 Å². The SMILES string of the molecule is CCCN(c1ccc2c(ccn2C(C)C(=O)OC)c1)c1nc(-c2ccc(OC)cc2Cl)c(C)s1.Cl. The van der Waals surface area contributed by atoms with E-state index in [1.807, 2.05) is 42.0 Å². The number of esters is 1. The molecule has 0 radical (unpaired) electrons. The van der Waals surface area contributed by atoms with Gasteiger partial charge in [0.1, 0.15) is 11.8 Å². The maximum Gasteiger partial charge on any atom is 0.328 e. The van der Waals surface area contributed by atoms with Crippen LogP contribution in [0.25, 0.3) is 22.2 Å². The highest BCUT2D eigenvalue weighted by atomic mass is 35.5. The first-order chi connectivity index (χ1) is 16.4. The molecular formula is C26H29Cl2N3O3S. The van der Waals surface area contributed by atoms with E-state index in [0.717, 1.165) is 56.6 Å². The molecule has 0 aliphatic heterocycles. The van der Waals surface area contributed by atoms with Crippen molar-refractivity contribution in [3.05, 3.63) is 58.6 Å². The number of aryl methyl sites for hydroxylation is 1. The normalized spacial score (nSPS) is 11.7. The monoisotopic (exact) mass is 533 g/mol. The van der Waals surface area contributed by atoms with Crippen molar-refractivity contribution in [1.29, 1.82) is 0 Å². The van der Waals surface area contributed by atoms with E-state index in [-0.39, 0.29) is 18.4 Å². The molecule has 186 valence electrons. The predicted molar refractivity (Wildman–Crippen MR) is 147 cm³/mol. The number of hydrogen-bond acceptors (Lipinski definition) is 6. The van der Waals surface area contributed by atoms with Crippen LogP contribution in [0.1, 0.15) is 31.2 Å². The summed E-state index contributed by atoms with van der Waals surface area (Å²) in [6.45, 7) is 6.89. The molecule has 6 nitrogen and oxygen atoms in total. The number of nitrogens with zero attached hydrogens (tertiary/aromatic N) is 3. The van der Waals surface area contributed by atoms with Crippen molar-refractivity contribution in [2.24, 2.45) is 0 Å². The smallest absolute Gasteiger partial charge is 0.328 e. The summed E-state index contributed by atoms with van der Waals surface area (Å²) in [4.78, 5) is 20.4. The van der Waals surface area contributed by atoms with Crippen LogP contribution in [0.2, 0.25) is 5.02 Å². The molecule has 0 amide bonds. The van der Waals surface area contributed by atoms with Crippen LogP contribution in [0.3, 0.4) is 0 Å². The fourth-order valence-electron chi connectivity index (χ4n) is 4.06. The van der Waals surface area contributed by atoms with E-state index >= 15 is 0 Å². The average molecular weight is 535 g/mol.